The quantitative estimate of drug-likeness (QED) is 0.728. The molecule has 0 unspecified atom stereocenters. The molecule has 3 rings (SSSR count). The van der Waals surface area contributed by atoms with E-state index < -0.39 is 11.6 Å². The van der Waals surface area contributed by atoms with Crippen molar-refractivity contribution in [1.29, 1.82) is 0 Å². The monoisotopic (exact) mass is 273 g/mol. The Morgan fingerprint density at radius 2 is 1.70 bits per heavy atom. The summed E-state index contributed by atoms with van der Waals surface area (Å²) in [5.74, 6) is -1.20. The molecular weight excluding hydrogens is 264 g/mol. The standard InChI is InChI=1S/C14H9F2N3O/c15-8-3-9(16)5-11(4-8)20-14-12-2-1-10(17)6-13(12)18-7-19-14/h1-7H,17H2. The van der Waals surface area contributed by atoms with Crippen molar-refractivity contribution >= 4 is 16.6 Å². The van der Waals surface area contributed by atoms with Crippen molar-refractivity contribution in [2.75, 3.05) is 5.73 Å². The van der Waals surface area contributed by atoms with Crippen LogP contribution in [0, 0.1) is 11.6 Å². The number of nitrogens with two attached hydrogens (primary N) is 1. The lowest BCUT2D eigenvalue weighted by molar-refractivity contribution is 0.456. The number of ether oxygens (including phenoxy) is 1. The second kappa shape index (κ2) is 4.73. The number of hydrogen-bond acceptors (Lipinski definition) is 4. The summed E-state index contributed by atoms with van der Waals surface area (Å²) in [5.41, 5.74) is 6.81. The normalized spacial score (nSPS) is 10.7. The van der Waals surface area contributed by atoms with Gasteiger partial charge in [0.25, 0.3) is 0 Å². The minimum atomic E-state index is -0.720. The zero-order valence-electron chi connectivity index (χ0n) is 10.2. The highest BCUT2D eigenvalue weighted by atomic mass is 19.1. The van der Waals surface area contributed by atoms with E-state index in [9.17, 15) is 8.78 Å². The van der Waals surface area contributed by atoms with Gasteiger partial charge in [-0.1, -0.05) is 0 Å². The molecule has 0 spiro atoms. The third-order valence-electron chi connectivity index (χ3n) is 2.67. The maximum Gasteiger partial charge on any atom is 0.230 e. The fourth-order valence-electron chi connectivity index (χ4n) is 1.83. The average molecular weight is 273 g/mol. The molecule has 1 heterocycles. The highest BCUT2D eigenvalue weighted by molar-refractivity contribution is 5.85. The Labute approximate surface area is 112 Å². The van der Waals surface area contributed by atoms with Crippen LogP contribution >= 0.6 is 0 Å². The van der Waals surface area contributed by atoms with Crippen LogP contribution in [0.25, 0.3) is 10.9 Å². The molecule has 2 aromatic carbocycles. The molecule has 0 radical (unpaired) electrons. The number of hydrogen-bond donors (Lipinski definition) is 1. The van der Waals surface area contributed by atoms with E-state index >= 15 is 0 Å². The lowest BCUT2D eigenvalue weighted by Crippen LogP contribution is -1.93. The lowest BCUT2D eigenvalue weighted by Gasteiger charge is -2.07. The summed E-state index contributed by atoms with van der Waals surface area (Å²) in [6, 6.07) is 7.95. The molecule has 0 aliphatic rings. The van der Waals surface area contributed by atoms with Gasteiger partial charge in [-0.2, -0.15) is 0 Å². The molecule has 2 N–H and O–H groups in total. The Bertz CT molecular complexity index is 772. The van der Waals surface area contributed by atoms with Crippen LogP contribution in [-0.2, 0) is 0 Å². The second-order valence-corrected chi connectivity index (χ2v) is 4.16. The average Bonchev–Trinajstić information content (AvgIpc) is 2.37. The van der Waals surface area contributed by atoms with Gasteiger partial charge in [-0.15, -0.1) is 0 Å². The summed E-state index contributed by atoms with van der Waals surface area (Å²) in [6.07, 6.45) is 1.30. The Morgan fingerprint density at radius 3 is 2.45 bits per heavy atom. The van der Waals surface area contributed by atoms with Crippen molar-refractivity contribution < 1.29 is 13.5 Å². The van der Waals surface area contributed by atoms with Crippen LogP contribution in [0.15, 0.2) is 42.7 Å². The van der Waals surface area contributed by atoms with E-state index in [1.54, 1.807) is 18.2 Å². The Hall–Kier alpha value is -2.76. The molecular formula is C14H9F2N3O. The van der Waals surface area contributed by atoms with E-state index in [4.69, 9.17) is 10.5 Å². The molecule has 100 valence electrons. The van der Waals surface area contributed by atoms with Crippen LogP contribution in [0.3, 0.4) is 0 Å². The first-order valence-corrected chi connectivity index (χ1v) is 5.76. The van der Waals surface area contributed by atoms with E-state index in [1.807, 2.05) is 0 Å². The van der Waals surface area contributed by atoms with Crippen LogP contribution in [0.1, 0.15) is 0 Å². The fraction of sp³-hybridized carbons (Fsp3) is 0. The summed E-state index contributed by atoms with van der Waals surface area (Å²) in [6.45, 7) is 0. The smallest absolute Gasteiger partial charge is 0.230 e. The number of halogens is 2. The van der Waals surface area contributed by atoms with Crippen molar-refractivity contribution in [3.8, 4) is 11.6 Å². The van der Waals surface area contributed by atoms with Crippen LogP contribution in [0.5, 0.6) is 11.6 Å². The Balaban J connectivity index is 2.06. The largest absolute Gasteiger partial charge is 0.438 e. The molecule has 0 amide bonds. The third-order valence-corrected chi connectivity index (χ3v) is 2.67. The van der Waals surface area contributed by atoms with E-state index in [0.717, 1.165) is 18.2 Å². The van der Waals surface area contributed by atoms with Crippen LogP contribution < -0.4 is 10.5 Å². The van der Waals surface area contributed by atoms with Gasteiger partial charge in [0.05, 0.1) is 10.9 Å². The number of rotatable bonds is 2. The molecule has 6 heteroatoms. The molecule has 0 aliphatic carbocycles. The first kappa shape index (κ1) is 12.3. The zero-order chi connectivity index (χ0) is 14.1. The van der Waals surface area contributed by atoms with E-state index in [2.05, 4.69) is 9.97 Å². The summed E-state index contributed by atoms with van der Waals surface area (Å²) < 4.78 is 31.7. The summed E-state index contributed by atoms with van der Waals surface area (Å²) in [4.78, 5) is 8.03. The van der Waals surface area contributed by atoms with Gasteiger partial charge in [-0.3, -0.25) is 0 Å². The maximum absolute atomic E-state index is 13.1. The Kier molecular flexibility index (Phi) is 2.90. The van der Waals surface area contributed by atoms with Gasteiger partial charge in [0, 0.05) is 23.9 Å². The van der Waals surface area contributed by atoms with Gasteiger partial charge in [-0.25, -0.2) is 18.7 Å². The van der Waals surface area contributed by atoms with Crippen molar-refractivity contribution in [2.24, 2.45) is 0 Å². The van der Waals surface area contributed by atoms with Gasteiger partial charge >= 0.3 is 0 Å². The van der Waals surface area contributed by atoms with Crippen LogP contribution in [0.4, 0.5) is 14.5 Å². The molecule has 20 heavy (non-hydrogen) atoms. The van der Waals surface area contributed by atoms with Gasteiger partial charge in [-0.05, 0) is 18.2 Å². The number of fused-ring (bicyclic) bond motifs is 1. The fourth-order valence-corrected chi connectivity index (χ4v) is 1.83. The summed E-state index contributed by atoms with van der Waals surface area (Å²) in [5, 5.41) is 0.603. The third kappa shape index (κ3) is 2.35. The molecule has 1 aromatic heterocycles. The first-order chi connectivity index (χ1) is 9.61. The van der Waals surface area contributed by atoms with Gasteiger partial charge in [0.15, 0.2) is 0 Å². The molecule has 3 aromatic rings. The number of nitrogens with zero attached hydrogens (tertiary/aromatic N) is 2. The molecule has 0 bridgehead atoms. The van der Waals surface area contributed by atoms with Crippen molar-refractivity contribution in [3.63, 3.8) is 0 Å². The van der Waals surface area contributed by atoms with Crippen LogP contribution in [0.2, 0.25) is 0 Å². The minimum Gasteiger partial charge on any atom is -0.438 e. The number of anilines is 1. The van der Waals surface area contributed by atoms with Crippen molar-refractivity contribution in [3.05, 3.63) is 54.4 Å². The molecule has 0 aliphatic heterocycles. The maximum atomic E-state index is 13.1. The molecule has 4 nitrogen and oxygen atoms in total. The van der Waals surface area contributed by atoms with Gasteiger partial charge in [0.2, 0.25) is 5.88 Å². The predicted molar refractivity (Wildman–Crippen MR) is 70.4 cm³/mol. The molecule has 0 saturated carbocycles. The highest BCUT2D eigenvalue weighted by Gasteiger charge is 2.08. The minimum absolute atomic E-state index is 0.0272. The van der Waals surface area contributed by atoms with Gasteiger partial charge < -0.3 is 10.5 Å². The molecule has 0 atom stereocenters. The first-order valence-electron chi connectivity index (χ1n) is 5.76. The van der Waals surface area contributed by atoms with Gasteiger partial charge in [0.1, 0.15) is 23.7 Å². The van der Waals surface area contributed by atoms with Crippen molar-refractivity contribution in [1.82, 2.24) is 9.97 Å². The SMILES string of the molecule is Nc1ccc2c(Oc3cc(F)cc(F)c3)ncnc2c1. The number of aromatic nitrogens is 2. The Morgan fingerprint density at radius 1 is 0.950 bits per heavy atom. The van der Waals surface area contributed by atoms with E-state index in [-0.39, 0.29) is 11.6 Å². The summed E-state index contributed by atoms with van der Waals surface area (Å²) in [7, 11) is 0. The van der Waals surface area contributed by atoms with Crippen molar-refractivity contribution in [2.45, 2.75) is 0 Å². The topological polar surface area (TPSA) is 61.0 Å². The predicted octanol–water partition coefficient (Wildman–Crippen LogP) is 3.28. The molecule has 0 fully saturated rings. The zero-order valence-corrected chi connectivity index (χ0v) is 10.2. The lowest BCUT2D eigenvalue weighted by atomic mass is 10.2. The summed E-state index contributed by atoms with van der Waals surface area (Å²) >= 11 is 0. The molecule has 0 saturated heterocycles. The number of benzene rings is 2. The van der Waals surface area contributed by atoms with Crippen LogP contribution in [-0.4, -0.2) is 9.97 Å². The second-order valence-electron chi connectivity index (χ2n) is 4.16. The highest BCUT2D eigenvalue weighted by Crippen LogP contribution is 2.28. The van der Waals surface area contributed by atoms with E-state index in [0.29, 0.717) is 16.6 Å². The van der Waals surface area contributed by atoms with E-state index in [1.165, 1.54) is 6.33 Å². The number of nitrogen functional groups attached to an aromatic ring is 1.